The summed E-state index contributed by atoms with van der Waals surface area (Å²) in [6, 6.07) is 17.6. The molecule has 0 aliphatic heterocycles. The van der Waals surface area contributed by atoms with E-state index in [-0.39, 0.29) is 11.7 Å². The van der Waals surface area contributed by atoms with Crippen molar-refractivity contribution in [3.05, 3.63) is 83.8 Å². The van der Waals surface area contributed by atoms with Gasteiger partial charge in [0, 0.05) is 23.7 Å². The fraction of sp³-hybridized carbons (Fsp3) is 0.0526. The molecule has 0 bridgehead atoms. The molecule has 0 spiro atoms. The Morgan fingerprint density at radius 2 is 1.88 bits per heavy atom. The topological polar surface area (TPSA) is 59.4 Å². The second-order valence-corrected chi connectivity index (χ2v) is 5.19. The van der Waals surface area contributed by atoms with Crippen LogP contribution in [0.5, 0.6) is 5.88 Å². The molecule has 3 aromatic rings. The molecule has 0 aliphatic rings. The van der Waals surface area contributed by atoms with Crippen LogP contribution >= 0.6 is 0 Å². The quantitative estimate of drug-likeness (QED) is 0.716. The average molecular weight is 323 g/mol. The van der Waals surface area contributed by atoms with E-state index in [0.717, 1.165) is 5.56 Å². The molecule has 0 atom stereocenters. The zero-order chi connectivity index (χ0) is 16.9. The van der Waals surface area contributed by atoms with Gasteiger partial charge in [0.25, 0.3) is 0 Å². The van der Waals surface area contributed by atoms with E-state index in [4.69, 9.17) is 5.11 Å². The Kier molecular flexibility index (Phi) is 4.52. The fourth-order valence-electron chi connectivity index (χ4n) is 2.47. The normalized spacial score (nSPS) is 10.4. The van der Waals surface area contributed by atoms with Crippen molar-refractivity contribution in [3.8, 4) is 17.0 Å². The van der Waals surface area contributed by atoms with Crippen molar-refractivity contribution >= 4 is 6.16 Å². The Hall–Kier alpha value is -3.21. The molecule has 4 nitrogen and oxygen atoms in total. The van der Waals surface area contributed by atoms with Gasteiger partial charge in [-0.15, -0.1) is 0 Å². The van der Waals surface area contributed by atoms with Gasteiger partial charge in [0.15, 0.2) is 0 Å². The summed E-state index contributed by atoms with van der Waals surface area (Å²) in [4.78, 5) is 14.6. The highest BCUT2D eigenvalue weighted by Crippen LogP contribution is 2.25. The number of carboxylic acid groups (broad SMARTS) is 1. The largest absolute Gasteiger partial charge is 0.512 e. The van der Waals surface area contributed by atoms with E-state index < -0.39 is 6.16 Å². The maximum Gasteiger partial charge on any atom is 0.512 e. The van der Waals surface area contributed by atoms with Crippen LogP contribution in [0.1, 0.15) is 11.1 Å². The molecule has 2 aromatic carbocycles. The van der Waals surface area contributed by atoms with E-state index in [1.54, 1.807) is 18.2 Å². The number of benzene rings is 2. The molecule has 0 saturated heterocycles. The molecule has 1 heterocycles. The molecule has 1 N–H and O–H groups in total. The van der Waals surface area contributed by atoms with Crippen molar-refractivity contribution < 1.29 is 19.0 Å². The summed E-state index contributed by atoms with van der Waals surface area (Å²) in [5.41, 5.74) is 2.60. The number of nitrogens with zero attached hydrogens (tertiary/aromatic N) is 1. The number of rotatable bonds is 4. The molecule has 24 heavy (non-hydrogen) atoms. The van der Waals surface area contributed by atoms with Crippen LogP contribution in [0.25, 0.3) is 11.1 Å². The Bertz CT molecular complexity index is 865. The lowest BCUT2D eigenvalue weighted by Gasteiger charge is -2.09. The van der Waals surface area contributed by atoms with Crippen LogP contribution in [0, 0.1) is 5.82 Å². The number of pyridine rings is 1. The summed E-state index contributed by atoms with van der Waals surface area (Å²) in [6.07, 6.45) is 0.337. The summed E-state index contributed by atoms with van der Waals surface area (Å²) < 4.78 is 19.1. The van der Waals surface area contributed by atoms with Crippen LogP contribution in [0.2, 0.25) is 0 Å². The monoisotopic (exact) mass is 323 g/mol. The van der Waals surface area contributed by atoms with Gasteiger partial charge in [0.2, 0.25) is 5.88 Å². The highest BCUT2D eigenvalue weighted by molar-refractivity contribution is 5.64. The minimum Gasteiger partial charge on any atom is -0.449 e. The van der Waals surface area contributed by atoms with Crippen LogP contribution in [0.15, 0.2) is 66.9 Å². The van der Waals surface area contributed by atoms with Crippen molar-refractivity contribution in [3.63, 3.8) is 0 Å². The molecule has 0 amide bonds. The van der Waals surface area contributed by atoms with Gasteiger partial charge in [-0.3, -0.25) is 0 Å². The van der Waals surface area contributed by atoms with Crippen LogP contribution in [-0.4, -0.2) is 16.2 Å². The second-order valence-electron chi connectivity index (χ2n) is 5.19. The number of carbonyl (C=O) groups is 1. The SMILES string of the molecule is O=C(O)Oc1ncccc1Cc1ccc(-c2ccccc2)c(F)c1. The summed E-state index contributed by atoms with van der Waals surface area (Å²) in [5.74, 6) is -0.319. The van der Waals surface area contributed by atoms with Gasteiger partial charge in [-0.25, -0.2) is 14.2 Å². The molecule has 5 heteroatoms. The van der Waals surface area contributed by atoms with Gasteiger partial charge < -0.3 is 9.84 Å². The van der Waals surface area contributed by atoms with Gasteiger partial charge >= 0.3 is 6.16 Å². The van der Waals surface area contributed by atoms with Crippen molar-refractivity contribution in [2.24, 2.45) is 0 Å². The Morgan fingerprint density at radius 1 is 1.08 bits per heavy atom. The van der Waals surface area contributed by atoms with Gasteiger partial charge in [-0.1, -0.05) is 48.5 Å². The predicted molar refractivity (Wildman–Crippen MR) is 87.5 cm³/mol. The van der Waals surface area contributed by atoms with Crippen LogP contribution in [-0.2, 0) is 6.42 Å². The van der Waals surface area contributed by atoms with E-state index in [2.05, 4.69) is 9.72 Å². The molecule has 0 unspecified atom stereocenters. The molecule has 3 rings (SSSR count). The minimum atomic E-state index is -1.43. The zero-order valence-electron chi connectivity index (χ0n) is 12.6. The van der Waals surface area contributed by atoms with E-state index in [1.165, 1.54) is 12.3 Å². The first-order valence-electron chi connectivity index (χ1n) is 7.32. The lowest BCUT2D eigenvalue weighted by molar-refractivity contribution is 0.142. The highest BCUT2D eigenvalue weighted by atomic mass is 19.1. The third kappa shape index (κ3) is 3.57. The van der Waals surface area contributed by atoms with E-state index >= 15 is 0 Å². The maximum absolute atomic E-state index is 14.4. The van der Waals surface area contributed by atoms with E-state index in [0.29, 0.717) is 23.1 Å². The summed E-state index contributed by atoms with van der Waals surface area (Å²) in [7, 11) is 0. The molecule has 0 radical (unpaired) electrons. The Morgan fingerprint density at radius 3 is 2.58 bits per heavy atom. The van der Waals surface area contributed by atoms with Gasteiger partial charge in [-0.2, -0.15) is 0 Å². The number of ether oxygens (including phenoxy) is 1. The van der Waals surface area contributed by atoms with Crippen molar-refractivity contribution in [2.75, 3.05) is 0 Å². The zero-order valence-corrected chi connectivity index (χ0v) is 12.6. The molecule has 0 fully saturated rings. The Balaban J connectivity index is 1.87. The van der Waals surface area contributed by atoms with Crippen molar-refractivity contribution in [2.45, 2.75) is 6.42 Å². The lowest BCUT2D eigenvalue weighted by Crippen LogP contribution is -2.07. The van der Waals surface area contributed by atoms with Crippen molar-refractivity contribution in [1.29, 1.82) is 0 Å². The number of hydrogen-bond donors (Lipinski definition) is 1. The third-order valence-corrected chi connectivity index (χ3v) is 3.55. The van der Waals surface area contributed by atoms with Gasteiger partial charge in [0.1, 0.15) is 5.82 Å². The van der Waals surface area contributed by atoms with Crippen molar-refractivity contribution in [1.82, 2.24) is 4.98 Å². The van der Waals surface area contributed by atoms with Crippen LogP contribution < -0.4 is 4.74 Å². The summed E-state index contributed by atoms with van der Waals surface area (Å²) >= 11 is 0. The fourth-order valence-corrected chi connectivity index (χ4v) is 2.47. The van der Waals surface area contributed by atoms with Crippen LogP contribution in [0.3, 0.4) is 0 Å². The third-order valence-electron chi connectivity index (χ3n) is 3.55. The number of aromatic nitrogens is 1. The first-order valence-corrected chi connectivity index (χ1v) is 7.32. The molecule has 0 saturated carbocycles. The molecular weight excluding hydrogens is 309 g/mol. The Labute approximate surface area is 138 Å². The average Bonchev–Trinajstić information content (AvgIpc) is 2.57. The van der Waals surface area contributed by atoms with E-state index in [9.17, 15) is 9.18 Å². The summed E-state index contributed by atoms with van der Waals surface area (Å²) in [6.45, 7) is 0. The molecule has 0 aliphatic carbocycles. The summed E-state index contributed by atoms with van der Waals surface area (Å²) in [5, 5.41) is 8.74. The van der Waals surface area contributed by atoms with Gasteiger partial charge in [-0.05, 0) is 23.3 Å². The highest BCUT2D eigenvalue weighted by Gasteiger charge is 2.11. The maximum atomic E-state index is 14.4. The predicted octanol–water partition coefficient (Wildman–Crippen LogP) is 4.54. The molecular formula is C19H14FNO3. The smallest absolute Gasteiger partial charge is 0.449 e. The second kappa shape index (κ2) is 6.91. The first-order chi connectivity index (χ1) is 11.6. The molecule has 1 aromatic heterocycles. The van der Waals surface area contributed by atoms with Gasteiger partial charge in [0.05, 0.1) is 0 Å². The number of hydrogen-bond acceptors (Lipinski definition) is 3. The first kappa shape index (κ1) is 15.7. The minimum absolute atomic E-state index is 0.0116. The van der Waals surface area contributed by atoms with E-state index in [1.807, 2.05) is 36.4 Å². The number of halogens is 1. The lowest BCUT2D eigenvalue weighted by atomic mass is 10.00. The van der Waals surface area contributed by atoms with Crippen LogP contribution in [0.4, 0.5) is 9.18 Å². The standard InChI is InChI=1S/C19H14FNO3/c20-17-12-13(8-9-16(17)14-5-2-1-3-6-14)11-15-7-4-10-21-18(15)24-19(22)23/h1-10,12H,11H2,(H,22,23). The molecule has 120 valence electrons.